The summed E-state index contributed by atoms with van der Waals surface area (Å²) in [5.41, 5.74) is 0.813. The molecule has 4 rings (SSSR count). The van der Waals surface area contributed by atoms with Crippen LogP contribution in [0.4, 0.5) is 0 Å². The lowest BCUT2D eigenvalue weighted by Gasteiger charge is -2.34. The van der Waals surface area contributed by atoms with Gasteiger partial charge in [-0.15, -0.1) is 11.3 Å². The number of amides is 1. The normalized spacial score (nSPS) is 22.2. The maximum Gasteiger partial charge on any atom is 0.276 e. The maximum absolute atomic E-state index is 13.0. The van der Waals surface area contributed by atoms with E-state index in [0.29, 0.717) is 31.2 Å². The van der Waals surface area contributed by atoms with E-state index in [0.717, 1.165) is 32.3 Å². The van der Waals surface area contributed by atoms with E-state index in [1.165, 1.54) is 17.5 Å². The lowest BCUT2D eigenvalue weighted by Crippen LogP contribution is -2.43. The van der Waals surface area contributed by atoms with Crippen LogP contribution in [-0.2, 0) is 11.3 Å². The van der Waals surface area contributed by atoms with Crippen molar-refractivity contribution in [2.75, 3.05) is 0 Å². The first kappa shape index (κ1) is 20.1. The monoisotopic (exact) mass is 411 g/mol. The molecule has 0 bridgehead atoms. The van der Waals surface area contributed by atoms with Gasteiger partial charge in [-0.05, 0) is 37.7 Å². The van der Waals surface area contributed by atoms with Crippen LogP contribution >= 0.6 is 11.3 Å². The number of carbonyl (C=O) groups excluding carboxylic acids is 1. The molecule has 2 heterocycles. The van der Waals surface area contributed by atoms with Crippen LogP contribution in [0.25, 0.3) is 20.2 Å². The van der Waals surface area contributed by atoms with E-state index in [9.17, 15) is 9.59 Å². The van der Waals surface area contributed by atoms with Crippen molar-refractivity contribution in [1.29, 1.82) is 0 Å². The fourth-order valence-corrected chi connectivity index (χ4v) is 5.65. The predicted molar refractivity (Wildman–Crippen MR) is 119 cm³/mol. The number of thiophene rings is 1. The van der Waals surface area contributed by atoms with Crippen LogP contribution in [0.5, 0.6) is 0 Å². The molecule has 0 aliphatic heterocycles. The summed E-state index contributed by atoms with van der Waals surface area (Å²) in [4.78, 5) is 25.5. The number of rotatable bonds is 5. The second-order valence-corrected chi connectivity index (χ2v) is 9.51. The van der Waals surface area contributed by atoms with Gasteiger partial charge in [0.05, 0.1) is 15.8 Å². The Morgan fingerprint density at radius 3 is 2.90 bits per heavy atom. The van der Waals surface area contributed by atoms with Crippen LogP contribution in [0.3, 0.4) is 0 Å². The second kappa shape index (κ2) is 8.27. The minimum Gasteiger partial charge on any atom is -0.353 e. The number of aromatic nitrogens is 2. The highest BCUT2D eigenvalue weighted by Gasteiger charge is 2.27. The Kier molecular flexibility index (Phi) is 5.72. The lowest BCUT2D eigenvalue weighted by atomic mass is 9.78. The molecule has 5 nitrogen and oxygen atoms in total. The van der Waals surface area contributed by atoms with Crippen molar-refractivity contribution in [2.24, 2.45) is 11.8 Å². The largest absolute Gasteiger partial charge is 0.353 e. The summed E-state index contributed by atoms with van der Waals surface area (Å²) in [5.74, 6) is 1.27. The summed E-state index contributed by atoms with van der Waals surface area (Å²) in [7, 11) is 0. The van der Waals surface area contributed by atoms with Gasteiger partial charge in [-0.25, -0.2) is 4.68 Å². The van der Waals surface area contributed by atoms with Crippen LogP contribution in [0.2, 0.25) is 0 Å². The molecule has 0 spiro atoms. The van der Waals surface area contributed by atoms with Crippen molar-refractivity contribution < 1.29 is 4.79 Å². The standard InChI is InChI=1S/C23H29N3O2S/c1-14-8-6-10-18(15(14)2)24-20(27)12-7-13-26-23(28)21-17-9-4-5-11-19(17)29-22(21)16(3)25-26/h4-5,9,11,14-15,18H,6-8,10,12-13H2,1-3H3,(H,24,27)/t14-,15-,18+/m0/s1. The highest BCUT2D eigenvalue weighted by atomic mass is 32.1. The van der Waals surface area contributed by atoms with Gasteiger partial charge in [0.2, 0.25) is 5.91 Å². The van der Waals surface area contributed by atoms with Crippen molar-refractivity contribution in [3.05, 3.63) is 40.3 Å². The third kappa shape index (κ3) is 3.95. The Hall–Kier alpha value is -2.21. The molecule has 1 aromatic carbocycles. The summed E-state index contributed by atoms with van der Waals surface area (Å²) >= 11 is 1.62. The third-order valence-electron chi connectivity index (χ3n) is 6.47. The van der Waals surface area contributed by atoms with Crippen LogP contribution in [0, 0.1) is 18.8 Å². The summed E-state index contributed by atoms with van der Waals surface area (Å²) in [6.45, 7) is 6.92. The first-order valence-corrected chi connectivity index (χ1v) is 11.5. The van der Waals surface area contributed by atoms with E-state index in [4.69, 9.17) is 0 Å². The first-order valence-electron chi connectivity index (χ1n) is 10.6. The van der Waals surface area contributed by atoms with E-state index in [1.807, 2.05) is 31.2 Å². The average Bonchev–Trinajstić information content (AvgIpc) is 3.10. The molecule has 1 aliphatic carbocycles. The molecule has 1 aliphatic rings. The van der Waals surface area contributed by atoms with Gasteiger partial charge < -0.3 is 5.32 Å². The zero-order valence-electron chi connectivity index (χ0n) is 17.4. The summed E-state index contributed by atoms with van der Waals surface area (Å²) in [6, 6.07) is 8.28. The molecular weight excluding hydrogens is 382 g/mol. The molecule has 154 valence electrons. The molecule has 1 N–H and O–H groups in total. The Labute approximate surface area is 175 Å². The smallest absolute Gasteiger partial charge is 0.276 e. The summed E-state index contributed by atoms with van der Waals surface area (Å²) in [5, 5.41) is 9.48. The molecule has 1 amide bonds. The number of carbonyl (C=O) groups is 1. The average molecular weight is 412 g/mol. The number of benzene rings is 1. The van der Waals surface area contributed by atoms with Gasteiger partial charge in [0.25, 0.3) is 5.56 Å². The Balaban J connectivity index is 1.45. The van der Waals surface area contributed by atoms with E-state index in [-0.39, 0.29) is 17.5 Å². The third-order valence-corrected chi connectivity index (χ3v) is 7.75. The molecule has 29 heavy (non-hydrogen) atoms. The van der Waals surface area contributed by atoms with Gasteiger partial charge in [-0.1, -0.05) is 44.9 Å². The minimum absolute atomic E-state index is 0.0572. The second-order valence-electron chi connectivity index (χ2n) is 8.46. The predicted octanol–water partition coefficient (Wildman–Crippen LogP) is 4.64. The van der Waals surface area contributed by atoms with Crippen LogP contribution in [-0.4, -0.2) is 21.7 Å². The highest BCUT2D eigenvalue weighted by Crippen LogP contribution is 2.32. The van der Waals surface area contributed by atoms with Gasteiger partial charge in [0.15, 0.2) is 0 Å². The molecular formula is C23H29N3O2S. The van der Waals surface area contributed by atoms with E-state index >= 15 is 0 Å². The molecule has 0 radical (unpaired) electrons. The first-order chi connectivity index (χ1) is 14.0. The van der Waals surface area contributed by atoms with E-state index in [1.54, 1.807) is 11.3 Å². The number of hydrogen-bond acceptors (Lipinski definition) is 4. The minimum atomic E-state index is -0.0572. The van der Waals surface area contributed by atoms with Crippen molar-refractivity contribution in [2.45, 2.75) is 65.5 Å². The lowest BCUT2D eigenvalue weighted by molar-refractivity contribution is -0.122. The zero-order chi connectivity index (χ0) is 20.5. The summed E-state index contributed by atoms with van der Waals surface area (Å²) in [6.07, 6.45) is 4.54. The molecule has 2 aromatic heterocycles. The van der Waals surface area contributed by atoms with Crippen molar-refractivity contribution >= 4 is 37.4 Å². The van der Waals surface area contributed by atoms with E-state index < -0.39 is 0 Å². The maximum atomic E-state index is 13.0. The zero-order valence-corrected chi connectivity index (χ0v) is 18.2. The van der Waals surface area contributed by atoms with Crippen molar-refractivity contribution in [3.63, 3.8) is 0 Å². The number of nitrogens with zero attached hydrogens (tertiary/aromatic N) is 2. The van der Waals surface area contributed by atoms with Gasteiger partial charge in [0.1, 0.15) is 0 Å². The topological polar surface area (TPSA) is 64.0 Å². The Morgan fingerprint density at radius 1 is 1.28 bits per heavy atom. The van der Waals surface area contributed by atoms with Crippen molar-refractivity contribution in [1.82, 2.24) is 15.1 Å². The number of aryl methyl sites for hydroxylation is 2. The Morgan fingerprint density at radius 2 is 2.07 bits per heavy atom. The van der Waals surface area contributed by atoms with Crippen LogP contribution in [0.15, 0.2) is 29.1 Å². The van der Waals surface area contributed by atoms with Crippen LogP contribution < -0.4 is 10.9 Å². The van der Waals surface area contributed by atoms with Gasteiger partial charge in [-0.3, -0.25) is 9.59 Å². The number of fused-ring (bicyclic) bond motifs is 3. The molecule has 1 fully saturated rings. The molecule has 0 saturated heterocycles. The molecule has 3 atom stereocenters. The van der Waals surface area contributed by atoms with Gasteiger partial charge in [0, 0.05) is 29.1 Å². The molecule has 6 heteroatoms. The fourth-order valence-electron chi connectivity index (χ4n) is 4.52. The summed E-state index contributed by atoms with van der Waals surface area (Å²) < 4.78 is 3.61. The number of nitrogens with one attached hydrogen (secondary N) is 1. The van der Waals surface area contributed by atoms with Crippen molar-refractivity contribution in [3.8, 4) is 0 Å². The molecule has 1 saturated carbocycles. The van der Waals surface area contributed by atoms with Gasteiger partial charge >= 0.3 is 0 Å². The molecule has 0 unspecified atom stereocenters. The highest BCUT2D eigenvalue weighted by molar-refractivity contribution is 7.26. The van der Waals surface area contributed by atoms with Gasteiger partial charge in [-0.2, -0.15) is 5.10 Å². The number of hydrogen-bond donors (Lipinski definition) is 1. The Bertz CT molecular complexity index is 1100. The SMILES string of the molecule is Cc1nn(CCCC(=O)N[C@@H]2CCC[C@H](C)[C@@H]2C)c(=O)c2c1sc1ccccc12. The molecule has 3 aromatic rings. The van der Waals surface area contributed by atoms with E-state index in [2.05, 4.69) is 24.3 Å². The van der Waals surface area contributed by atoms with Crippen LogP contribution in [0.1, 0.15) is 51.6 Å². The fraction of sp³-hybridized carbons (Fsp3) is 0.522. The quantitative estimate of drug-likeness (QED) is 0.665.